The monoisotopic (exact) mass is 200 g/mol. The fraction of sp³-hybridized carbons (Fsp3) is 0.600. The molecule has 14 heavy (non-hydrogen) atoms. The van der Waals surface area contributed by atoms with E-state index in [1.165, 1.54) is 14.0 Å². The van der Waals surface area contributed by atoms with E-state index in [1.807, 2.05) is 6.92 Å². The maximum absolute atomic E-state index is 11.1. The van der Waals surface area contributed by atoms with E-state index < -0.39 is 11.9 Å². The summed E-state index contributed by atoms with van der Waals surface area (Å²) in [6.07, 6.45) is 2.06. The molecule has 4 heteroatoms. The second-order valence-corrected chi connectivity index (χ2v) is 3.00. The Morgan fingerprint density at radius 3 is 2.29 bits per heavy atom. The van der Waals surface area contributed by atoms with E-state index in [1.54, 1.807) is 0 Å². The number of aliphatic carboxylic acids is 1. The first-order chi connectivity index (χ1) is 6.54. The molecular formula is C10H16O4. The molecule has 0 aliphatic carbocycles. The van der Waals surface area contributed by atoms with E-state index in [2.05, 4.69) is 4.74 Å². The van der Waals surface area contributed by atoms with E-state index >= 15 is 0 Å². The summed E-state index contributed by atoms with van der Waals surface area (Å²) in [5.74, 6) is -1.61. The number of carboxylic acid groups (broad SMARTS) is 1. The average Bonchev–Trinajstić information content (AvgIpc) is 2.16. The summed E-state index contributed by atoms with van der Waals surface area (Å²) >= 11 is 0. The third-order valence-electron chi connectivity index (χ3n) is 1.98. The van der Waals surface area contributed by atoms with E-state index in [-0.39, 0.29) is 11.1 Å². The Balaban J connectivity index is 4.76. The van der Waals surface area contributed by atoms with Gasteiger partial charge in [0.15, 0.2) is 0 Å². The standard InChI is InChI=1S/C10H16O4/c1-4-5-6-8(9(11)12)7(2)10(13)14-3/h4-6H2,1-3H3,(H,11,12). The van der Waals surface area contributed by atoms with Crippen LogP contribution in [0.25, 0.3) is 0 Å². The molecule has 0 atom stereocenters. The van der Waals surface area contributed by atoms with Crippen molar-refractivity contribution in [2.45, 2.75) is 33.1 Å². The average molecular weight is 200 g/mol. The summed E-state index contributed by atoms with van der Waals surface area (Å²) in [5.41, 5.74) is 0.340. The largest absolute Gasteiger partial charge is 0.478 e. The molecule has 0 aliphatic rings. The lowest BCUT2D eigenvalue weighted by Crippen LogP contribution is -2.11. The smallest absolute Gasteiger partial charge is 0.333 e. The highest BCUT2D eigenvalue weighted by atomic mass is 16.5. The van der Waals surface area contributed by atoms with Crippen LogP contribution in [0.3, 0.4) is 0 Å². The summed E-state index contributed by atoms with van der Waals surface area (Å²) in [6, 6.07) is 0. The zero-order valence-corrected chi connectivity index (χ0v) is 8.79. The number of ether oxygens (including phenoxy) is 1. The molecule has 0 unspecified atom stereocenters. The number of esters is 1. The minimum Gasteiger partial charge on any atom is -0.478 e. The number of methoxy groups -OCH3 is 1. The van der Waals surface area contributed by atoms with Crippen molar-refractivity contribution >= 4 is 11.9 Å². The molecular weight excluding hydrogens is 184 g/mol. The van der Waals surface area contributed by atoms with Crippen molar-refractivity contribution in [1.29, 1.82) is 0 Å². The van der Waals surface area contributed by atoms with Gasteiger partial charge in [0.25, 0.3) is 0 Å². The Bertz CT molecular complexity index is 253. The number of carbonyl (C=O) groups is 2. The molecule has 0 radical (unpaired) electrons. The maximum atomic E-state index is 11.1. The zero-order chi connectivity index (χ0) is 11.1. The van der Waals surface area contributed by atoms with Gasteiger partial charge in [0, 0.05) is 11.1 Å². The highest BCUT2D eigenvalue weighted by Gasteiger charge is 2.16. The molecule has 0 heterocycles. The van der Waals surface area contributed by atoms with Crippen molar-refractivity contribution < 1.29 is 19.4 Å². The van der Waals surface area contributed by atoms with Gasteiger partial charge < -0.3 is 9.84 Å². The van der Waals surface area contributed by atoms with Gasteiger partial charge in [0.1, 0.15) is 0 Å². The third kappa shape index (κ3) is 3.60. The van der Waals surface area contributed by atoms with Crippen LogP contribution < -0.4 is 0 Å². The number of hydrogen-bond acceptors (Lipinski definition) is 3. The van der Waals surface area contributed by atoms with Crippen LogP contribution in [-0.4, -0.2) is 24.2 Å². The van der Waals surface area contributed by atoms with Gasteiger partial charge in [0.2, 0.25) is 0 Å². The molecule has 0 saturated carbocycles. The molecule has 0 aromatic carbocycles. The number of carboxylic acids is 1. The molecule has 0 aromatic rings. The van der Waals surface area contributed by atoms with E-state index in [4.69, 9.17) is 5.11 Å². The lowest BCUT2D eigenvalue weighted by Gasteiger charge is -2.05. The predicted molar refractivity (Wildman–Crippen MR) is 51.9 cm³/mol. The first kappa shape index (κ1) is 12.7. The molecule has 0 saturated heterocycles. The topological polar surface area (TPSA) is 63.6 Å². The van der Waals surface area contributed by atoms with Gasteiger partial charge in [-0.1, -0.05) is 13.3 Å². The molecule has 0 aromatic heterocycles. The first-order valence-electron chi connectivity index (χ1n) is 4.55. The van der Waals surface area contributed by atoms with E-state index in [0.717, 1.165) is 12.8 Å². The van der Waals surface area contributed by atoms with Gasteiger partial charge in [-0.15, -0.1) is 0 Å². The molecule has 1 N–H and O–H groups in total. The Hall–Kier alpha value is -1.32. The SMILES string of the molecule is CCCCC(C(=O)O)=C(C)C(=O)OC. The maximum Gasteiger partial charge on any atom is 0.333 e. The molecule has 0 spiro atoms. The summed E-state index contributed by atoms with van der Waals surface area (Å²) in [7, 11) is 1.24. The summed E-state index contributed by atoms with van der Waals surface area (Å²) in [6.45, 7) is 3.44. The fourth-order valence-electron chi connectivity index (χ4n) is 1.08. The first-order valence-corrected chi connectivity index (χ1v) is 4.55. The fourth-order valence-corrected chi connectivity index (χ4v) is 1.08. The van der Waals surface area contributed by atoms with Crippen LogP contribution in [0.1, 0.15) is 33.1 Å². The molecule has 0 rings (SSSR count). The quantitative estimate of drug-likeness (QED) is 0.542. The van der Waals surface area contributed by atoms with Gasteiger partial charge in [-0.2, -0.15) is 0 Å². The molecule has 0 fully saturated rings. The van der Waals surface area contributed by atoms with Crippen LogP contribution in [0.2, 0.25) is 0 Å². The van der Waals surface area contributed by atoms with Crippen molar-refractivity contribution in [3.8, 4) is 0 Å². The molecule has 0 bridgehead atoms. The lowest BCUT2D eigenvalue weighted by atomic mass is 10.0. The number of carbonyl (C=O) groups excluding carboxylic acids is 1. The normalized spacial score (nSPS) is 11.9. The van der Waals surface area contributed by atoms with Gasteiger partial charge in [-0.05, 0) is 19.8 Å². The van der Waals surface area contributed by atoms with Gasteiger partial charge >= 0.3 is 11.9 Å². The Kier molecular flexibility index (Phi) is 5.60. The highest BCUT2D eigenvalue weighted by Crippen LogP contribution is 2.13. The summed E-state index contributed by atoms with van der Waals surface area (Å²) in [4.78, 5) is 21.9. The van der Waals surface area contributed by atoms with E-state index in [9.17, 15) is 9.59 Å². The number of unbranched alkanes of at least 4 members (excludes halogenated alkanes) is 1. The summed E-state index contributed by atoms with van der Waals surface area (Å²) in [5, 5.41) is 8.85. The minimum absolute atomic E-state index is 0.152. The lowest BCUT2D eigenvalue weighted by molar-refractivity contribution is -0.138. The Morgan fingerprint density at radius 1 is 1.36 bits per heavy atom. The number of rotatable bonds is 5. The van der Waals surface area contributed by atoms with Crippen molar-refractivity contribution in [1.82, 2.24) is 0 Å². The highest BCUT2D eigenvalue weighted by molar-refractivity contribution is 5.99. The van der Waals surface area contributed by atoms with Crippen LogP contribution >= 0.6 is 0 Å². The molecule has 0 amide bonds. The predicted octanol–water partition coefficient (Wildman–Crippen LogP) is 1.75. The van der Waals surface area contributed by atoms with Crippen LogP contribution in [0.5, 0.6) is 0 Å². The second kappa shape index (κ2) is 6.18. The van der Waals surface area contributed by atoms with Crippen LogP contribution in [0.15, 0.2) is 11.1 Å². The van der Waals surface area contributed by atoms with Crippen LogP contribution in [0.4, 0.5) is 0 Å². The van der Waals surface area contributed by atoms with Crippen molar-refractivity contribution in [3.05, 3.63) is 11.1 Å². The molecule has 4 nitrogen and oxygen atoms in total. The Morgan fingerprint density at radius 2 is 1.93 bits per heavy atom. The molecule has 80 valence electrons. The zero-order valence-electron chi connectivity index (χ0n) is 8.79. The number of hydrogen-bond donors (Lipinski definition) is 1. The van der Waals surface area contributed by atoms with Crippen LogP contribution in [0, 0.1) is 0 Å². The van der Waals surface area contributed by atoms with Crippen molar-refractivity contribution in [2.24, 2.45) is 0 Å². The summed E-state index contributed by atoms with van der Waals surface area (Å²) < 4.78 is 4.46. The van der Waals surface area contributed by atoms with Crippen LogP contribution in [-0.2, 0) is 14.3 Å². The van der Waals surface area contributed by atoms with Crippen molar-refractivity contribution in [2.75, 3.05) is 7.11 Å². The molecule has 0 aliphatic heterocycles. The van der Waals surface area contributed by atoms with Crippen molar-refractivity contribution in [3.63, 3.8) is 0 Å². The van der Waals surface area contributed by atoms with Gasteiger partial charge in [0.05, 0.1) is 7.11 Å². The van der Waals surface area contributed by atoms with Gasteiger partial charge in [-0.3, -0.25) is 0 Å². The Labute approximate surface area is 83.6 Å². The third-order valence-corrected chi connectivity index (χ3v) is 1.98. The minimum atomic E-state index is -1.04. The van der Waals surface area contributed by atoms with E-state index in [0.29, 0.717) is 6.42 Å². The van der Waals surface area contributed by atoms with Gasteiger partial charge in [-0.25, -0.2) is 9.59 Å². The second-order valence-electron chi connectivity index (χ2n) is 3.00.